The second-order valence-corrected chi connectivity index (χ2v) is 8.03. The van der Waals surface area contributed by atoms with Crippen LogP contribution in [-0.4, -0.2) is 53.9 Å². The fourth-order valence-corrected chi connectivity index (χ4v) is 3.95. The maximum atomic E-state index is 14.0. The van der Waals surface area contributed by atoms with E-state index in [1.807, 2.05) is 24.3 Å². The van der Waals surface area contributed by atoms with Gasteiger partial charge in [-0.1, -0.05) is 30.3 Å². The summed E-state index contributed by atoms with van der Waals surface area (Å²) >= 11 is 0. The Balaban J connectivity index is 1.56. The zero-order chi connectivity index (χ0) is 23.6. The van der Waals surface area contributed by atoms with E-state index in [2.05, 4.69) is 10.00 Å². The summed E-state index contributed by atoms with van der Waals surface area (Å²) in [5, 5.41) is 3.92. The van der Waals surface area contributed by atoms with Crippen LogP contribution in [0.25, 0.3) is 5.69 Å². The van der Waals surface area contributed by atoms with E-state index in [-0.39, 0.29) is 12.2 Å². The number of amides is 1. The summed E-state index contributed by atoms with van der Waals surface area (Å²) in [6, 6.07) is 14.3. The molecule has 1 amide bonds. The molecule has 9 heteroatoms. The van der Waals surface area contributed by atoms with Crippen molar-refractivity contribution in [2.24, 2.45) is 0 Å². The monoisotopic (exact) mass is 458 g/mol. The van der Waals surface area contributed by atoms with Crippen molar-refractivity contribution in [3.8, 4) is 5.69 Å². The lowest BCUT2D eigenvalue weighted by Crippen LogP contribution is -2.36. The van der Waals surface area contributed by atoms with Gasteiger partial charge >= 0.3 is 6.18 Å². The number of para-hydroxylation sites is 1. The molecule has 33 heavy (non-hydrogen) atoms. The number of carbonyl (C=O) groups is 1. The molecule has 6 nitrogen and oxygen atoms in total. The fraction of sp³-hybridized carbons (Fsp3) is 0.333. The summed E-state index contributed by atoms with van der Waals surface area (Å²) in [5.41, 5.74) is 1.23. The molecule has 1 aliphatic rings. The normalized spacial score (nSPS) is 14.4. The highest BCUT2D eigenvalue weighted by Gasteiger charge is 2.41. The summed E-state index contributed by atoms with van der Waals surface area (Å²) in [5.74, 6) is -0.737. The minimum atomic E-state index is -4.75. The van der Waals surface area contributed by atoms with Crippen molar-refractivity contribution in [1.82, 2.24) is 14.7 Å². The number of aryl methyl sites for hydroxylation is 1. The number of nitrogens with zero attached hydrogens (tertiary/aromatic N) is 4. The molecule has 0 spiro atoms. The number of rotatable bonds is 5. The molecule has 1 aromatic heterocycles. The van der Waals surface area contributed by atoms with Crippen molar-refractivity contribution >= 4 is 11.6 Å². The van der Waals surface area contributed by atoms with Gasteiger partial charge < -0.3 is 14.5 Å². The topological polar surface area (TPSA) is 50.6 Å². The van der Waals surface area contributed by atoms with E-state index in [4.69, 9.17) is 4.74 Å². The van der Waals surface area contributed by atoms with Gasteiger partial charge in [-0.2, -0.15) is 18.3 Å². The molecule has 0 aliphatic carbocycles. The summed E-state index contributed by atoms with van der Waals surface area (Å²) in [6.45, 7) is 4.85. The maximum Gasteiger partial charge on any atom is 0.434 e. The van der Waals surface area contributed by atoms with E-state index in [0.29, 0.717) is 18.8 Å². The molecule has 2 heterocycles. The largest absolute Gasteiger partial charge is 0.434 e. The lowest BCUT2D eigenvalue weighted by atomic mass is 10.1. The summed E-state index contributed by atoms with van der Waals surface area (Å²) in [7, 11) is 1.49. The molecule has 1 saturated heterocycles. The van der Waals surface area contributed by atoms with Crippen molar-refractivity contribution in [2.45, 2.75) is 19.6 Å². The lowest BCUT2D eigenvalue weighted by molar-refractivity contribution is -0.143. The first-order valence-electron chi connectivity index (χ1n) is 10.6. The number of alkyl halides is 3. The summed E-state index contributed by atoms with van der Waals surface area (Å²) in [6.07, 6.45) is -3.75. The van der Waals surface area contributed by atoms with E-state index in [0.717, 1.165) is 35.2 Å². The van der Waals surface area contributed by atoms with Crippen LogP contribution in [0.1, 0.15) is 27.2 Å². The second-order valence-electron chi connectivity index (χ2n) is 8.03. The van der Waals surface area contributed by atoms with Gasteiger partial charge in [-0.05, 0) is 36.2 Å². The minimum absolute atomic E-state index is 0.176. The lowest BCUT2D eigenvalue weighted by Gasteiger charge is -2.29. The molecule has 1 fully saturated rings. The Labute approximate surface area is 190 Å². The molecular weight excluding hydrogens is 433 g/mol. The Morgan fingerprint density at radius 1 is 1.09 bits per heavy atom. The highest BCUT2D eigenvalue weighted by atomic mass is 19.4. The zero-order valence-corrected chi connectivity index (χ0v) is 18.5. The van der Waals surface area contributed by atoms with Gasteiger partial charge in [0.1, 0.15) is 0 Å². The van der Waals surface area contributed by atoms with Gasteiger partial charge in [0.2, 0.25) is 0 Å². The number of benzene rings is 2. The van der Waals surface area contributed by atoms with Gasteiger partial charge in [0.25, 0.3) is 5.91 Å². The summed E-state index contributed by atoms with van der Waals surface area (Å²) in [4.78, 5) is 16.5. The number of hydrogen-bond acceptors (Lipinski definition) is 4. The Bertz CT molecular complexity index is 1120. The van der Waals surface area contributed by atoms with E-state index < -0.39 is 23.3 Å². The van der Waals surface area contributed by atoms with Crippen LogP contribution in [0.4, 0.5) is 18.9 Å². The number of aromatic nitrogens is 2. The molecule has 0 radical (unpaired) electrons. The fourth-order valence-electron chi connectivity index (χ4n) is 3.95. The zero-order valence-electron chi connectivity index (χ0n) is 18.5. The molecule has 0 unspecified atom stereocenters. The van der Waals surface area contributed by atoms with Crippen molar-refractivity contribution in [1.29, 1.82) is 0 Å². The van der Waals surface area contributed by atoms with Crippen molar-refractivity contribution in [3.05, 3.63) is 77.1 Å². The molecule has 3 aromatic rings. The number of ether oxygens (including phenoxy) is 1. The van der Waals surface area contributed by atoms with Crippen LogP contribution in [0.15, 0.2) is 54.7 Å². The maximum absolute atomic E-state index is 14.0. The molecule has 1 aliphatic heterocycles. The van der Waals surface area contributed by atoms with Crippen LogP contribution in [0.2, 0.25) is 0 Å². The average Bonchev–Trinajstić information content (AvgIpc) is 3.25. The van der Waals surface area contributed by atoms with Crippen LogP contribution in [0.3, 0.4) is 0 Å². The first kappa shape index (κ1) is 22.8. The first-order chi connectivity index (χ1) is 15.8. The molecule has 0 N–H and O–H groups in total. The highest BCUT2D eigenvalue weighted by Crippen LogP contribution is 2.35. The predicted molar refractivity (Wildman–Crippen MR) is 119 cm³/mol. The SMILES string of the molecule is Cc1ccccc1-n1ncc(C(=O)N(C)Cc2ccc(N3CCOCC3)cc2)c1C(F)(F)F. The standard InChI is InChI=1S/C24H25F3N4O2/c1-17-5-3-4-6-21(17)31-22(24(25,26)27)20(15-28-31)23(32)29(2)16-18-7-9-19(10-8-18)30-11-13-33-14-12-30/h3-10,15H,11-14,16H2,1-2H3. The molecule has 0 atom stereocenters. The van der Waals surface area contributed by atoms with Crippen LogP contribution < -0.4 is 4.90 Å². The van der Waals surface area contributed by atoms with E-state index >= 15 is 0 Å². The van der Waals surface area contributed by atoms with Crippen molar-refractivity contribution in [2.75, 3.05) is 38.3 Å². The smallest absolute Gasteiger partial charge is 0.378 e. The van der Waals surface area contributed by atoms with Crippen molar-refractivity contribution < 1.29 is 22.7 Å². The van der Waals surface area contributed by atoms with Crippen LogP contribution in [0.5, 0.6) is 0 Å². The van der Waals surface area contributed by atoms with E-state index in [1.165, 1.54) is 11.9 Å². The Morgan fingerprint density at radius 3 is 2.39 bits per heavy atom. The Kier molecular flexibility index (Phi) is 6.42. The van der Waals surface area contributed by atoms with Crippen LogP contribution >= 0.6 is 0 Å². The number of hydrogen-bond donors (Lipinski definition) is 0. The summed E-state index contributed by atoms with van der Waals surface area (Å²) < 4.78 is 48.1. The first-order valence-corrected chi connectivity index (χ1v) is 10.6. The number of anilines is 1. The molecule has 4 rings (SSSR count). The Morgan fingerprint density at radius 2 is 1.76 bits per heavy atom. The van der Waals surface area contributed by atoms with Gasteiger partial charge in [-0.25, -0.2) is 4.68 Å². The van der Waals surface area contributed by atoms with Crippen molar-refractivity contribution in [3.63, 3.8) is 0 Å². The van der Waals surface area contributed by atoms with Crippen LogP contribution in [-0.2, 0) is 17.5 Å². The van der Waals surface area contributed by atoms with E-state index in [9.17, 15) is 18.0 Å². The van der Waals surface area contributed by atoms with Crippen LogP contribution in [0, 0.1) is 6.92 Å². The average molecular weight is 458 g/mol. The molecule has 2 aromatic carbocycles. The van der Waals surface area contributed by atoms with Gasteiger partial charge in [0.15, 0.2) is 5.69 Å². The molecular formula is C24H25F3N4O2. The number of halogens is 3. The van der Waals surface area contributed by atoms with Gasteiger partial charge in [0, 0.05) is 32.4 Å². The van der Waals surface area contributed by atoms with E-state index in [1.54, 1.807) is 31.2 Å². The quantitative estimate of drug-likeness (QED) is 0.572. The third-order valence-corrected chi connectivity index (χ3v) is 5.69. The van der Waals surface area contributed by atoms with Gasteiger partial charge in [-0.15, -0.1) is 0 Å². The third kappa shape index (κ3) is 4.88. The number of morpholine rings is 1. The third-order valence-electron chi connectivity index (χ3n) is 5.69. The van der Waals surface area contributed by atoms with Gasteiger partial charge in [-0.3, -0.25) is 4.79 Å². The molecule has 174 valence electrons. The van der Waals surface area contributed by atoms with Gasteiger partial charge in [0.05, 0.1) is 30.7 Å². The number of carbonyl (C=O) groups excluding carboxylic acids is 1. The Hall–Kier alpha value is -3.33. The highest BCUT2D eigenvalue weighted by molar-refractivity contribution is 5.95. The minimum Gasteiger partial charge on any atom is -0.378 e. The predicted octanol–water partition coefficient (Wildman–Crippen LogP) is 4.31. The molecule has 0 bridgehead atoms. The second kappa shape index (κ2) is 9.27. The molecule has 0 saturated carbocycles.